The van der Waals surface area contributed by atoms with E-state index >= 15 is 0 Å². The predicted octanol–water partition coefficient (Wildman–Crippen LogP) is 2.18. The molecule has 5 heteroatoms. The molecule has 0 unspecified atom stereocenters. The molecule has 1 aromatic carbocycles. The number of nitrogens with zero attached hydrogens (tertiary/aromatic N) is 4. The summed E-state index contributed by atoms with van der Waals surface area (Å²) in [5, 5.41) is 4.25. The molecule has 1 amide bonds. The summed E-state index contributed by atoms with van der Waals surface area (Å²) in [4.78, 5) is 17.0. The molecular weight excluding hydrogens is 300 g/mol. The minimum absolute atomic E-state index is 0.243. The minimum atomic E-state index is 0.243. The highest BCUT2D eigenvalue weighted by molar-refractivity contribution is 5.76. The van der Waals surface area contributed by atoms with Gasteiger partial charge in [-0.15, -0.1) is 0 Å². The van der Waals surface area contributed by atoms with Gasteiger partial charge in [0.1, 0.15) is 0 Å². The van der Waals surface area contributed by atoms with Gasteiger partial charge in [-0.2, -0.15) is 5.10 Å². The van der Waals surface area contributed by atoms with Crippen molar-refractivity contribution in [3.63, 3.8) is 0 Å². The van der Waals surface area contributed by atoms with E-state index in [4.69, 9.17) is 0 Å². The first-order valence-electron chi connectivity index (χ1n) is 8.56. The van der Waals surface area contributed by atoms with E-state index in [0.717, 1.165) is 31.7 Å². The lowest BCUT2D eigenvalue weighted by atomic mass is 10.0. The number of piperazine rings is 1. The molecule has 5 nitrogen and oxygen atoms in total. The average molecular weight is 326 g/mol. The van der Waals surface area contributed by atoms with Gasteiger partial charge < -0.3 is 4.90 Å². The van der Waals surface area contributed by atoms with Gasteiger partial charge in [-0.25, -0.2) is 0 Å². The average Bonchev–Trinajstić information content (AvgIpc) is 2.92. The monoisotopic (exact) mass is 326 g/mol. The van der Waals surface area contributed by atoms with Gasteiger partial charge in [-0.3, -0.25) is 14.4 Å². The Hall–Kier alpha value is -2.14. The van der Waals surface area contributed by atoms with Crippen LogP contribution in [0.1, 0.15) is 29.3 Å². The standard InChI is InChI=1S/C19H26N4O/c1-15-17(13-20-22(15)3)9-10-19(24)23-12-11-21(2)18(14-23)16-7-5-4-6-8-16/h4-8,13,18H,9-12,14H2,1-3H3/t18-/m1/s1. The summed E-state index contributed by atoms with van der Waals surface area (Å²) in [6, 6.07) is 10.7. The van der Waals surface area contributed by atoms with Gasteiger partial charge in [-0.1, -0.05) is 30.3 Å². The molecule has 1 fully saturated rings. The summed E-state index contributed by atoms with van der Waals surface area (Å²) in [7, 11) is 4.07. The number of carbonyl (C=O) groups is 1. The summed E-state index contributed by atoms with van der Waals surface area (Å²) >= 11 is 0. The van der Waals surface area contributed by atoms with Crippen molar-refractivity contribution in [3.8, 4) is 0 Å². The first kappa shape index (κ1) is 16.7. The molecule has 0 aliphatic carbocycles. The largest absolute Gasteiger partial charge is 0.339 e. The van der Waals surface area contributed by atoms with Crippen molar-refractivity contribution in [1.82, 2.24) is 19.6 Å². The number of carbonyl (C=O) groups excluding carboxylic acids is 1. The second kappa shape index (κ2) is 7.18. The Morgan fingerprint density at radius 3 is 2.62 bits per heavy atom. The zero-order valence-corrected chi connectivity index (χ0v) is 14.8. The van der Waals surface area contributed by atoms with E-state index < -0.39 is 0 Å². The van der Waals surface area contributed by atoms with Crippen molar-refractivity contribution in [2.75, 3.05) is 26.7 Å². The van der Waals surface area contributed by atoms with Crippen LogP contribution < -0.4 is 0 Å². The number of amides is 1. The molecular formula is C19H26N4O. The third-order valence-electron chi connectivity index (χ3n) is 5.13. The quantitative estimate of drug-likeness (QED) is 0.865. The molecule has 0 saturated carbocycles. The highest BCUT2D eigenvalue weighted by Crippen LogP contribution is 2.24. The van der Waals surface area contributed by atoms with Gasteiger partial charge in [0.05, 0.1) is 12.2 Å². The fraction of sp³-hybridized carbons (Fsp3) is 0.474. The number of benzene rings is 1. The zero-order valence-electron chi connectivity index (χ0n) is 14.8. The van der Waals surface area contributed by atoms with Crippen molar-refractivity contribution in [2.24, 2.45) is 7.05 Å². The Balaban J connectivity index is 1.62. The topological polar surface area (TPSA) is 41.4 Å². The van der Waals surface area contributed by atoms with Crippen LogP contribution in [0.3, 0.4) is 0 Å². The number of aryl methyl sites for hydroxylation is 2. The summed E-state index contributed by atoms with van der Waals surface area (Å²) < 4.78 is 1.86. The van der Waals surface area contributed by atoms with Crippen molar-refractivity contribution < 1.29 is 4.79 Å². The van der Waals surface area contributed by atoms with Crippen LogP contribution >= 0.6 is 0 Å². The van der Waals surface area contributed by atoms with Gasteiger partial charge in [0, 0.05) is 38.8 Å². The second-order valence-corrected chi connectivity index (χ2v) is 6.63. The number of likely N-dealkylation sites (N-methyl/N-ethyl adjacent to an activating group) is 1. The summed E-state index contributed by atoms with van der Waals surface area (Å²) in [6.45, 7) is 4.54. The van der Waals surface area contributed by atoms with Gasteiger partial charge in [0.15, 0.2) is 0 Å². The third kappa shape index (κ3) is 3.51. The third-order valence-corrected chi connectivity index (χ3v) is 5.13. The lowest BCUT2D eigenvalue weighted by Crippen LogP contribution is -2.49. The first-order chi connectivity index (χ1) is 11.6. The van der Waals surface area contributed by atoms with Crippen LogP contribution in [0, 0.1) is 6.92 Å². The maximum atomic E-state index is 12.7. The Labute approximate surface area is 143 Å². The number of hydrogen-bond donors (Lipinski definition) is 0. The van der Waals surface area contributed by atoms with Crippen molar-refractivity contribution in [2.45, 2.75) is 25.8 Å². The van der Waals surface area contributed by atoms with E-state index in [2.05, 4.69) is 41.3 Å². The normalized spacial score (nSPS) is 18.8. The Morgan fingerprint density at radius 1 is 1.21 bits per heavy atom. The smallest absolute Gasteiger partial charge is 0.223 e. The van der Waals surface area contributed by atoms with Gasteiger partial charge in [-0.05, 0) is 31.5 Å². The maximum Gasteiger partial charge on any atom is 0.223 e. The molecule has 0 bridgehead atoms. The fourth-order valence-electron chi connectivity index (χ4n) is 3.32. The molecule has 0 N–H and O–H groups in total. The Morgan fingerprint density at radius 2 is 1.96 bits per heavy atom. The molecule has 2 aromatic rings. The van der Waals surface area contributed by atoms with Gasteiger partial charge >= 0.3 is 0 Å². The van der Waals surface area contributed by atoms with Crippen LogP contribution in [-0.2, 0) is 18.3 Å². The molecule has 2 heterocycles. The SMILES string of the molecule is Cc1c(CCC(=O)N2CCN(C)[C@@H](c3ccccc3)C2)cnn1C. The first-order valence-corrected chi connectivity index (χ1v) is 8.56. The Kier molecular flexibility index (Phi) is 5.00. The van der Waals surface area contributed by atoms with Crippen LogP contribution in [-0.4, -0.2) is 52.2 Å². The molecule has 1 aliphatic rings. The van der Waals surface area contributed by atoms with E-state index in [1.165, 1.54) is 11.1 Å². The molecule has 1 saturated heterocycles. The van der Waals surface area contributed by atoms with E-state index in [9.17, 15) is 4.79 Å². The van der Waals surface area contributed by atoms with E-state index in [1.54, 1.807) is 0 Å². The maximum absolute atomic E-state index is 12.7. The van der Waals surface area contributed by atoms with E-state index in [0.29, 0.717) is 6.42 Å². The molecule has 0 spiro atoms. The van der Waals surface area contributed by atoms with Crippen LogP contribution in [0.15, 0.2) is 36.5 Å². The zero-order chi connectivity index (χ0) is 17.1. The Bertz CT molecular complexity index is 695. The van der Waals surface area contributed by atoms with Crippen LogP contribution in [0.25, 0.3) is 0 Å². The molecule has 24 heavy (non-hydrogen) atoms. The van der Waals surface area contributed by atoms with Crippen LogP contribution in [0.5, 0.6) is 0 Å². The fourth-order valence-corrected chi connectivity index (χ4v) is 3.32. The highest BCUT2D eigenvalue weighted by atomic mass is 16.2. The van der Waals surface area contributed by atoms with Crippen molar-refractivity contribution in [1.29, 1.82) is 0 Å². The molecule has 1 atom stereocenters. The highest BCUT2D eigenvalue weighted by Gasteiger charge is 2.28. The summed E-state index contributed by atoms with van der Waals surface area (Å²) in [6.07, 6.45) is 3.19. The van der Waals surface area contributed by atoms with Crippen molar-refractivity contribution >= 4 is 5.91 Å². The van der Waals surface area contributed by atoms with Gasteiger partial charge in [0.25, 0.3) is 0 Å². The molecule has 1 aromatic heterocycles. The number of aromatic nitrogens is 2. The van der Waals surface area contributed by atoms with Crippen molar-refractivity contribution in [3.05, 3.63) is 53.3 Å². The van der Waals surface area contributed by atoms with Crippen LogP contribution in [0.4, 0.5) is 0 Å². The molecule has 1 aliphatic heterocycles. The summed E-state index contributed by atoms with van der Waals surface area (Å²) in [5.41, 5.74) is 3.59. The number of hydrogen-bond acceptors (Lipinski definition) is 3. The summed E-state index contributed by atoms with van der Waals surface area (Å²) in [5.74, 6) is 0.243. The predicted molar refractivity (Wildman–Crippen MR) is 94.7 cm³/mol. The molecule has 3 rings (SSSR count). The molecule has 128 valence electrons. The minimum Gasteiger partial charge on any atom is -0.339 e. The van der Waals surface area contributed by atoms with E-state index in [1.807, 2.05) is 35.8 Å². The molecule has 0 radical (unpaired) electrons. The van der Waals surface area contributed by atoms with E-state index in [-0.39, 0.29) is 11.9 Å². The lowest BCUT2D eigenvalue weighted by molar-refractivity contribution is -0.134. The second-order valence-electron chi connectivity index (χ2n) is 6.63. The van der Waals surface area contributed by atoms with Gasteiger partial charge in [0.2, 0.25) is 5.91 Å². The van der Waals surface area contributed by atoms with Crippen LogP contribution in [0.2, 0.25) is 0 Å². The lowest BCUT2D eigenvalue weighted by Gasteiger charge is -2.39. The number of rotatable bonds is 4.